The Morgan fingerprint density at radius 2 is 2.05 bits per heavy atom. The van der Waals surface area contributed by atoms with Gasteiger partial charge >= 0.3 is 11.9 Å². The first-order valence-corrected chi connectivity index (χ1v) is 5.92. The molecule has 0 spiro atoms. The van der Waals surface area contributed by atoms with Crippen LogP contribution in [0.15, 0.2) is 36.5 Å². The lowest BCUT2D eigenvalue weighted by Gasteiger charge is -2.04. The summed E-state index contributed by atoms with van der Waals surface area (Å²) < 4.78 is 5.14. The van der Waals surface area contributed by atoms with Crippen molar-refractivity contribution in [2.45, 2.75) is 19.3 Å². The second-order valence-corrected chi connectivity index (χ2v) is 4.08. The van der Waals surface area contributed by atoms with Crippen molar-refractivity contribution in [3.8, 4) is 5.75 Å². The summed E-state index contributed by atoms with van der Waals surface area (Å²) in [4.78, 5) is 26.0. The van der Waals surface area contributed by atoms with Gasteiger partial charge in [-0.3, -0.25) is 14.6 Å². The zero-order valence-electron chi connectivity index (χ0n) is 10.2. The Balaban J connectivity index is 1.97. The minimum atomic E-state index is -0.912. The summed E-state index contributed by atoms with van der Waals surface area (Å²) in [6.07, 6.45) is 2.04. The minimum absolute atomic E-state index is 0.0310. The number of aliphatic carboxylic acids is 1. The highest BCUT2D eigenvalue weighted by Crippen LogP contribution is 2.19. The molecule has 1 aromatic heterocycles. The van der Waals surface area contributed by atoms with Crippen LogP contribution < -0.4 is 4.74 Å². The number of fused-ring (bicyclic) bond motifs is 1. The van der Waals surface area contributed by atoms with Crippen LogP contribution in [-0.4, -0.2) is 22.0 Å². The predicted octanol–water partition coefficient (Wildman–Crippen LogP) is 2.40. The lowest BCUT2D eigenvalue weighted by atomic mass is 10.2. The van der Waals surface area contributed by atoms with Gasteiger partial charge < -0.3 is 9.84 Å². The number of hydrogen-bond acceptors (Lipinski definition) is 4. The van der Waals surface area contributed by atoms with Crippen LogP contribution in [0.1, 0.15) is 19.3 Å². The fourth-order valence-corrected chi connectivity index (χ4v) is 1.68. The SMILES string of the molecule is O=C(O)CCCC(=O)Oc1ccc2ncccc2c1. The third-order valence-corrected chi connectivity index (χ3v) is 2.58. The van der Waals surface area contributed by atoms with Gasteiger partial charge in [0.25, 0.3) is 0 Å². The molecule has 0 amide bonds. The van der Waals surface area contributed by atoms with Gasteiger partial charge in [0.15, 0.2) is 0 Å². The number of carboxylic acids is 1. The van der Waals surface area contributed by atoms with E-state index in [0.717, 1.165) is 10.9 Å². The largest absolute Gasteiger partial charge is 0.481 e. The standard InChI is InChI=1S/C14H13NO4/c16-13(17)4-1-5-14(18)19-11-6-7-12-10(9-11)3-2-8-15-12/h2-3,6-9H,1,4-5H2,(H,16,17). The van der Waals surface area contributed by atoms with Gasteiger partial charge in [-0.05, 0) is 30.7 Å². The van der Waals surface area contributed by atoms with Crippen LogP contribution in [0, 0.1) is 0 Å². The highest BCUT2D eigenvalue weighted by Gasteiger charge is 2.07. The van der Waals surface area contributed by atoms with Crippen LogP contribution in [0.3, 0.4) is 0 Å². The van der Waals surface area contributed by atoms with E-state index in [9.17, 15) is 9.59 Å². The first kappa shape index (κ1) is 13.0. The Morgan fingerprint density at radius 1 is 1.21 bits per heavy atom. The summed E-state index contributed by atoms with van der Waals surface area (Å²) in [6, 6.07) is 8.86. The van der Waals surface area contributed by atoms with Crippen molar-refractivity contribution < 1.29 is 19.4 Å². The number of benzene rings is 1. The zero-order valence-corrected chi connectivity index (χ0v) is 10.2. The van der Waals surface area contributed by atoms with Gasteiger partial charge in [-0.1, -0.05) is 6.07 Å². The van der Waals surface area contributed by atoms with E-state index < -0.39 is 11.9 Å². The van der Waals surface area contributed by atoms with Crippen molar-refractivity contribution in [3.63, 3.8) is 0 Å². The lowest BCUT2D eigenvalue weighted by Crippen LogP contribution is -2.08. The Morgan fingerprint density at radius 3 is 2.84 bits per heavy atom. The average Bonchev–Trinajstić information content (AvgIpc) is 2.38. The number of carbonyl (C=O) groups is 2. The van der Waals surface area contributed by atoms with Gasteiger partial charge in [0.2, 0.25) is 0 Å². The highest BCUT2D eigenvalue weighted by molar-refractivity contribution is 5.81. The van der Waals surface area contributed by atoms with E-state index in [0.29, 0.717) is 5.75 Å². The molecule has 1 aromatic carbocycles. The maximum absolute atomic E-state index is 11.5. The van der Waals surface area contributed by atoms with Crippen LogP contribution in [0.4, 0.5) is 0 Å². The predicted molar refractivity (Wildman–Crippen MR) is 68.9 cm³/mol. The molecule has 1 heterocycles. The van der Waals surface area contributed by atoms with Gasteiger partial charge in [0.05, 0.1) is 5.52 Å². The van der Waals surface area contributed by atoms with Crippen molar-refractivity contribution in [2.75, 3.05) is 0 Å². The Labute approximate surface area is 109 Å². The molecule has 5 heteroatoms. The van der Waals surface area contributed by atoms with Crippen LogP contribution in [0.2, 0.25) is 0 Å². The van der Waals surface area contributed by atoms with Gasteiger partial charge in [-0.25, -0.2) is 0 Å². The van der Waals surface area contributed by atoms with E-state index in [1.165, 1.54) is 0 Å². The molecule has 0 saturated carbocycles. The monoisotopic (exact) mass is 259 g/mol. The molecule has 0 unspecified atom stereocenters. The summed E-state index contributed by atoms with van der Waals surface area (Å²) in [5.74, 6) is -0.894. The molecule has 1 N–H and O–H groups in total. The quantitative estimate of drug-likeness (QED) is 0.659. The molecule has 98 valence electrons. The number of esters is 1. The lowest BCUT2D eigenvalue weighted by molar-refractivity contribution is -0.137. The number of carboxylic acid groups (broad SMARTS) is 1. The number of rotatable bonds is 5. The molecule has 0 radical (unpaired) electrons. The summed E-state index contributed by atoms with van der Waals surface area (Å²) >= 11 is 0. The van der Waals surface area contributed by atoms with Gasteiger partial charge in [0.1, 0.15) is 5.75 Å². The van der Waals surface area contributed by atoms with Crippen molar-refractivity contribution in [3.05, 3.63) is 36.5 Å². The molecule has 19 heavy (non-hydrogen) atoms. The van der Waals surface area contributed by atoms with Crippen LogP contribution >= 0.6 is 0 Å². The summed E-state index contributed by atoms with van der Waals surface area (Å²) in [5.41, 5.74) is 0.827. The molecule has 0 aliphatic rings. The fraction of sp³-hybridized carbons (Fsp3) is 0.214. The summed E-state index contributed by atoms with van der Waals surface area (Å²) in [5, 5.41) is 9.36. The highest BCUT2D eigenvalue weighted by atomic mass is 16.5. The van der Waals surface area contributed by atoms with Crippen LogP contribution in [0.5, 0.6) is 5.75 Å². The van der Waals surface area contributed by atoms with Gasteiger partial charge in [-0.2, -0.15) is 0 Å². The van der Waals surface area contributed by atoms with Crippen molar-refractivity contribution in [1.29, 1.82) is 0 Å². The van der Waals surface area contributed by atoms with Gasteiger partial charge in [-0.15, -0.1) is 0 Å². The van der Waals surface area contributed by atoms with E-state index >= 15 is 0 Å². The molecular weight excluding hydrogens is 246 g/mol. The third kappa shape index (κ3) is 3.77. The van der Waals surface area contributed by atoms with Crippen molar-refractivity contribution in [2.24, 2.45) is 0 Å². The van der Waals surface area contributed by atoms with E-state index in [1.807, 2.05) is 6.07 Å². The third-order valence-electron chi connectivity index (χ3n) is 2.58. The number of aromatic nitrogens is 1. The Bertz CT molecular complexity index is 609. The van der Waals surface area contributed by atoms with Crippen molar-refractivity contribution in [1.82, 2.24) is 4.98 Å². The van der Waals surface area contributed by atoms with Crippen LogP contribution in [0.25, 0.3) is 10.9 Å². The summed E-state index contributed by atoms with van der Waals surface area (Å²) in [7, 11) is 0. The Hall–Kier alpha value is -2.43. The van der Waals surface area contributed by atoms with E-state index in [-0.39, 0.29) is 19.3 Å². The Kier molecular flexibility index (Phi) is 4.07. The van der Waals surface area contributed by atoms with Gasteiger partial charge in [0, 0.05) is 24.4 Å². The molecule has 2 rings (SSSR count). The number of ether oxygens (including phenoxy) is 1. The normalized spacial score (nSPS) is 10.3. The summed E-state index contributed by atoms with van der Waals surface area (Å²) in [6.45, 7) is 0. The minimum Gasteiger partial charge on any atom is -0.481 e. The number of pyridine rings is 1. The second kappa shape index (κ2) is 5.95. The first-order chi connectivity index (χ1) is 9.15. The fourth-order valence-electron chi connectivity index (χ4n) is 1.68. The maximum Gasteiger partial charge on any atom is 0.311 e. The first-order valence-electron chi connectivity index (χ1n) is 5.92. The molecule has 0 bridgehead atoms. The number of nitrogens with zero attached hydrogens (tertiary/aromatic N) is 1. The molecule has 5 nitrogen and oxygen atoms in total. The second-order valence-electron chi connectivity index (χ2n) is 4.08. The molecule has 0 aliphatic carbocycles. The topological polar surface area (TPSA) is 76.5 Å². The molecule has 0 aliphatic heterocycles. The van der Waals surface area contributed by atoms with Crippen LogP contribution in [-0.2, 0) is 9.59 Å². The number of hydrogen-bond donors (Lipinski definition) is 1. The average molecular weight is 259 g/mol. The molecule has 0 fully saturated rings. The molecule has 0 saturated heterocycles. The zero-order chi connectivity index (χ0) is 13.7. The van der Waals surface area contributed by atoms with Crippen molar-refractivity contribution >= 4 is 22.8 Å². The molecular formula is C14H13NO4. The van der Waals surface area contributed by atoms with E-state index in [2.05, 4.69) is 4.98 Å². The number of carbonyl (C=O) groups excluding carboxylic acids is 1. The van der Waals surface area contributed by atoms with E-state index in [4.69, 9.17) is 9.84 Å². The van der Waals surface area contributed by atoms with E-state index in [1.54, 1.807) is 30.5 Å². The maximum atomic E-state index is 11.5. The molecule has 0 atom stereocenters. The smallest absolute Gasteiger partial charge is 0.311 e. The molecule has 2 aromatic rings.